The maximum Gasteiger partial charge on any atom is 0.418 e. The number of alkyl halides is 3. The lowest BCUT2D eigenvalue weighted by Crippen LogP contribution is -2.28. The van der Waals surface area contributed by atoms with Gasteiger partial charge in [-0.25, -0.2) is 0 Å². The van der Waals surface area contributed by atoms with E-state index < -0.39 is 29.1 Å². The van der Waals surface area contributed by atoms with Crippen molar-refractivity contribution in [3.63, 3.8) is 0 Å². The first kappa shape index (κ1) is 25.2. The molecule has 36 heavy (non-hydrogen) atoms. The molecule has 1 atom stereocenters. The van der Waals surface area contributed by atoms with Gasteiger partial charge < -0.3 is 20.5 Å². The molecule has 0 radical (unpaired) electrons. The molecule has 0 aliphatic carbocycles. The lowest BCUT2D eigenvalue weighted by molar-refractivity contribution is -0.137. The Morgan fingerprint density at radius 1 is 1.22 bits per heavy atom. The smallest absolute Gasteiger partial charge is 0.411 e. The van der Waals surface area contributed by atoms with E-state index in [0.717, 1.165) is 16.3 Å². The number of benzene rings is 2. The van der Waals surface area contributed by atoms with Gasteiger partial charge in [0.1, 0.15) is 5.69 Å². The molecule has 1 fully saturated rings. The minimum absolute atomic E-state index is 0.0940. The van der Waals surface area contributed by atoms with Gasteiger partial charge in [0, 0.05) is 30.9 Å². The second kappa shape index (κ2) is 10.0. The van der Waals surface area contributed by atoms with Crippen LogP contribution in [0.15, 0.2) is 52.4 Å². The van der Waals surface area contributed by atoms with Crippen LogP contribution in [-0.2, 0) is 6.18 Å². The second-order valence-electron chi connectivity index (χ2n) is 8.66. The third-order valence-electron chi connectivity index (χ3n) is 5.92. The molecule has 0 saturated carbocycles. The fraction of sp³-hybridized carbons (Fsp3) is 0.320. The van der Waals surface area contributed by atoms with E-state index in [-0.39, 0.29) is 17.9 Å². The number of hydrogen-bond acceptors (Lipinski definition) is 7. The lowest BCUT2D eigenvalue weighted by Gasteiger charge is -2.22. The molecule has 0 amide bonds. The van der Waals surface area contributed by atoms with E-state index in [4.69, 9.17) is 5.21 Å². The summed E-state index contributed by atoms with van der Waals surface area (Å²) < 4.78 is 42.9. The van der Waals surface area contributed by atoms with Gasteiger partial charge in [0.2, 0.25) is 0 Å². The quantitative estimate of drug-likeness (QED) is 0.268. The van der Waals surface area contributed by atoms with Crippen molar-refractivity contribution >= 4 is 17.6 Å². The molecule has 190 valence electrons. The van der Waals surface area contributed by atoms with E-state index >= 15 is 0 Å². The summed E-state index contributed by atoms with van der Waals surface area (Å²) in [5, 5.41) is 29.1. The standard InChI is InChI=1S/C25H26F3N5O3/c1-3-29-22-12-21(17-9-15(2)8-16(10-17)13-30-36)31-33(24(22)35)23-11-18(32-7-6-19(34)14-32)4-5-20(23)25(26,27)28/h4-5,8-13,19,29,34,36H,3,6-7,14H2,1-2H3/b30-13+/t19-/m0/s1. The zero-order valence-electron chi connectivity index (χ0n) is 19.8. The molecule has 2 aromatic carbocycles. The van der Waals surface area contributed by atoms with Crippen LogP contribution in [0.25, 0.3) is 16.9 Å². The molecule has 8 nitrogen and oxygen atoms in total. The van der Waals surface area contributed by atoms with Crippen molar-refractivity contribution in [2.45, 2.75) is 32.5 Å². The number of aliphatic hydroxyl groups is 1. The Morgan fingerprint density at radius 2 is 2.00 bits per heavy atom. The highest BCUT2D eigenvalue weighted by Crippen LogP contribution is 2.36. The Bertz CT molecular complexity index is 1350. The number of nitrogens with one attached hydrogen (secondary N) is 1. The van der Waals surface area contributed by atoms with Crippen LogP contribution in [0.3, 0.4) is 0 Å². The summed E-state index contributed by atoms with van der Waals surface area (Å²) in [4.78, 5) is 15.1. The van der Waals surface area contributed by atoms with E-state index in [1.807, 2.05) is 6.92 Å². The van der Waals surface area contributed by atoms with Crippen molar-refractivity contribution in [3.8, 4) is 16.9 Å². The molecule has 1 aromatic heterocycles. The summed E-state index contributed by atoms with van der Waals surface area (Å²) in [6.45, 7) is 4.72. The number of rotatable bonds is 6. The van der Waals surface area contributed by atoms with Crippen LogP contribution < -0.4 is 15.8 Å². The minimum Gasteiger partial charge on any atom is -0.411 e. The van der Waals surface area contributed by atoms with Crippen molar-refractivity contribution in [3.05, 3.63) is 69.5 Å². The van der Waals surface area contributed by atoms with Gasteiger partial charge in [0.05, 0.1) is 29.3 Å². The summed E-state index contributed by atoms with van der Waals surface area (Å²) in [6.07, 6.45) is -3.57. The van der Waals surface area contributed by atoms with Crippen LogP contribution in [-0.4, -0.2) is 52.0 Å². The molecule has 1 aliphatic rings. The van der Waals surface area contributed by atoms with Crippen molar-refractivity contribution < 1.29 is 23.5 Å². The molecule has 3 aromatic rings. The number of hydrogen-bond donors (Lipinski definition) is 3. The zero-order valence-corrected chi connectivity index (χ0v) is 19.8. The predicted octanol–water partition coefficient (Wildman–Crippen LogP) is 4.04. The van der Waals surface area contributed by atoms with Gasteiger partial charge in [-0.05, 0) is 67.8 Å². The highest BCUT2D eigenvalue weighted by atomic mass is 19.4. The van der Waals surface area contributed by atoms with Crippen LogP contribution in [0.5, 0.6) is 0 Å². The molecule has 3 N–H and O–H groups in total. The molecule has 11 heteroatoms. The van der Waals surface area contributed by atoms with Gasteiger partial charge in [-0.2, -0.15) is 23.0 Å². The minimum atomic E-state index is -4.73. The van der Waals surface area contributed by atoms with Gasteiger partial charge >= 0.3 is 6.18 Å². The third kappa shape index (κ3) is 5.20. The fourth-order valence-corrected chi connectivity index (χ4v) is 4.33. The average Bonchev–Trinajstić information content (AvgIpc) is 3.25. The highest BCUT2D eigenvalue weighted by molar-refractivity contribution is 5.82. The first-order valence-corrected chi connectivity index (χ1v) is 11.4. The summed E-state index contributed by atoms with van der Waals surface area (Å²) in [5.74, 6) is 0. The highest BCUT2D eigenvalue weighted by Gasteiger charge is 2.35. The number of oxime groups is 1. The molecule has 0 spiro atoms. The number of aromatic nitrogens is 2. The molecule has 2 heterocycles. The van der Waals surface area contributed by atoms with E-state index in [2.05, 4.69) is 15.6 Å². The van der Waals surface area contributed by atoms with Crippen LogP contribution >= 0.6 is 0 Å². The first-order chi connectivity index (χ1) is 17.1. The molecule has 4 rings (SSSR count). The molecular weight excluding hydrogens is 475 g/mol. The van der Waals surface area contributed by atoms with Crippen molar-refractivity contribution in [2.24, 2.45) is 5.16 Å². The van der Waals surface area contributed by atoms with Crippen LogP contribution in [0.1, 0.15) is 30.0 Å². The van der Waals surface area contributed by atoms with E-state index in [9.17, 15) is 23.1 Å². The molecule has 0 unspecified atom stereocenters. The van der Waals surface area contributed by atoms with Gasteiger partial charge in [-0.1, -0.05) is 11.2 Å². The van der Waals surface area contributed by atoms with Gasteiger partial charge in [0.15, 0.2) is 0 Å². The van der Waals surface area contributed by atoms with Crippen LogP contribution in [0.4, 0.5) is 24.5 Å². The Morgan fingerprint density at radius 3 is 2.64 bits per heavy atom. The van der Waals surface area contributed by atoms with E-state index in [1.165, 1.54) is 24.4 Å². The Kier molecular flexibility index (Phi) is 7.02. The van der Waals surface area contributed by atoms with Gasteiger partial charge in [-0.3, -0.25) is 4.79 Å². The summed E-state index contributed by atoms with van der Waals surface area (Å²) in [6, 6.07) is 10.2. The number of anilines is 2. The largest absolute Gasteiger partial charge is 0.418 e. The number of nitrogens with zero attached hydrogens (tertiary/aromatic N) is 4. The van der Waals surface area contributed by atoms with Gasteiger partial charge in [-0.15, -0.1) is 0 Å². The Hall–Kier alpha value is -3.86. The summed E-state index contributed by atoms with van der Waals surface area (Å²) in [7, 11) is 0. The van der Waals surface area contributed by atoms with Crippen molar-refractivity contribution in [1.29, 1.82) is 0 Å². The van der Waals surface area contributed by atoms with Crippen molar-refractivity contribution in [1.82, 2.24) is 9.78 Å². The maximum absolute atomic E-state index is 14.0. The second-order valence-corrected chi connectivity index (χ2v) is 8.66. The monoisotopic (exact) mass is 501 g/mol. The molecular formula is C25H26F3N5O3. The molecule has 0 bridgehead atoms. The first-order valence-electron chi connectivity index (χ1n) is 11.4. The van der Waals surface area contributed by atoms with Gasteiger partial charge in [0.25, 0.3) is 5.56 Å². The predicted molar refractivity (Wildman–Crippen MR) is 131 cm³/mol. The van der Waals surface area contributed by atoms with E-state index in [1.54, 1.807) is 30.0 Å². The van der Waals surface area contributed by atoms with Crippen molar-refractivity contribution in [2.75, 3.05) is 29.9 Å². The topological polar surface area (TPSA) is 103 Å². The Balaban J connectivity index is 1.96. The zero-order chi connectivity index (χ0) is 26.0. The normalized spacial score (nSPS) is 16.2. The SMILES string of the molecule is CCNc1cc(-c2cc(C)cc(/C=N/O)c2)nn(-c2cc(N3CC[C@H](O)C3)ccc2C(F)(F)F)c1=O. The Labute approximate surface area is 205 Å². The summed E-state index contributed by atoms with van der Waals surface area (Å²) in [5.41, 5.74) is 0.568. The van der Waals surface area contributed by atoms with E-state index in [0.29, 0.717) is 36.3 Å². The number of β-amino-alcohol motifs (C(OH)–C–C–N with tert-alkyl or cyclic N) is 1. The summed E-state index contributed by atoms with van der Waals surface area (Å²) >= 11 is 0. The number of halogens is 3. The average molecular weight is 502 g/mol. The van der Waals surface area contributed by atoms with Crippen LogP contribution in [0.2, 0.25) is 0 Å². The van der Waals surface area contributed by atoms with Crippen LogP contribution in [0, 0.1) is 6.92 Å². The lowest BCUT2D eigenvalue weighted by atomic mass is 10.0. The maximum atomic E-state index is 14.0. The fourth-order valence-electron chi connectivity index (χ4n) is 4.33. The third-order valence-corrected chi connectivity index (χ3v) is 5.92. The number of aryl methyl sites for hydroxylation is 1. The number of aliphatic hydroxyl groups excluding tert-OH is 1. The molecule has 1 aliphatic heterocycles. The molecule has 1 saturated heterocycles.